The van der Waals surface area contributed by atoms with Gasteiger partial charge in [-0.3, -0.25) is 9.59 Å². The SMILES string of the molecule is CC(C)(C)C(=O)CNC(=O)c1ccc(F)cc1F. The van der Waals surface area contributed by atoms with E-state index in [1.165, 1.54) is 0 Å². The summed E-state index contributed by atoms with van der Waals surface area (Å²) in [6.45, 7) is 4.99. The van der Waals surface area contributed by atoms with Crippen LogP contribution in [0.25, 0.3) is 0 Å². The normalized spacial score (nSPS) is 11.2. The third-order valence-corrected chi connectivity index (χ3v) is 2.42. The molecule has 1 aromatic rings. The van der Waals surface area contributed by atoms with Crippen LogP contribution in [0.1, 0.15) is 31.1 Å². The number of carbonyl (C=O) groups is 2. The van der Waals surface area contributed by atoms with Gasteiger partial charge in [0.1, 0.15) is 11.6 Å². The first-order chi connectivity index (χ1) is 8.21. The molecule has 18 heavy (non-hydrogen) atoms. The average Bonchev–Trinajstić information content (AvgIpc) is 2.24. The predicted molar refractivity (Wildman–Crippen MR) is 63.2 cm³/mol. The standard InChI is InChI=1S/C13H15F2NO2/c1-13(2,3)11(17)7-16-12(18)9-5-4-8(14)6-10(9)15/h4-6H,7H2,1-3H3,(H,16,18). The first kappa shape index (κ1) is 14.3. The summed E-state index contributed by atoms with van der Waals surface area (Å²) >= 11 is 0. The second-order valence-corrected chi connectivity index (χ2v) is 4.98. The van der Waals surface area contributed by atoms with Crippen molar-refractivity contribution in [3.8, 4) is 0 Å². The lowest BCUT2D eigenvalue weighted by Gasteiger charge is -2.16. The zero-order valence-corrected chi connectivity index (χ0v) is 10.5. The van der Waals surface area contributed by atoms with Crippen LogP contribution < -0.4 is 5.32 Å². The summed E-state index contributed by atoms with van der Waals surface area (Å²) in [4.78, 5) is 23.2. The predicted octanol–water partition coefficient (Wildman–Crippen LogP) is 2.31. The molecule has 5 heteroatoms. The molecule has 0 saturated carbocycles. The first-order valence-electron chi connectivity index (χ1n) is 5.48. The van der Waals surface area contributed by atoms with E-state index in [0.717, 1.165) is 12.1 Å². The van der Waals surface area contributed by atoms with E-state index >= 15 is 0 Å². The van der Waals surface area contributed by atoms with E-state index in [4.69, 9.17) is 0 Å². The molecule has 0 aliphatic carbocycles. The smallest absolute Gasteiger partial charge is 0.254 e. The van der Waals surface area contributed by atoms with E-state index in [1.807, 2.05) is 0 Å². The lowest BCUT2D eigenvalue weighted by Crippen LogP contribution is -2.35. The Balaban J connectivity index is 2.70. The van der Waals surface area contributed by atoms with Crippen LogP contribution >= 0.6 is 0 Å². The number of nitrogens with one attached hydrogen (secondary N) is 1. The summed E-state index contributed by atoms with van der Waals surface area (Å²) < 4.78 is 25.9. The van der Waals surface area contributed by atoms with Crippen LogP contribution in [0, 0.1) is 17.0 Å². The monoisotopic (exact) mass is 255 g/mol. The number of Topliss-reactive ketones (excluding diaryl/α,β-unsaturated/α-hetero) is 1. The fourth-order valence-electron chi connectivity index (χ4n) is 1.19. The van der Waals surface area contributed by atoms with Crippen molar-refractivity contribution in [3.05, 3.63) is 35.4 Å². The molecular formula is C13H15F2NO2. The molecule has 0 aliphatic rings. The molecule has 0 fully saturated rings. The van der Waals surface area contributed by atoms with Crippen molar-refractivity contribution < 1.29 is 18.4 Å². The van der Waals surface area contributed by atoms with E-state index in [-0.39, 0.29) is 17.9 Å². The number of amides is 1. The van der Waals surface area contributed by atoms with Crippen LogP contribution in [0.3, 0.4) is 0 Å². The van der Waals surface area contributed by atoms with Gasteiger partial charge >= 0.3 is 0 Å². The topological polar surface area (TPSA) is 46.2 Å². The van der Waals surface area contributed by atoms with E-state index in [2.05, 4.69) is 5.32 Å². The lowest BCUT2D eigenvalue weighted by molar-refractivity contribution is -0.125. The van der Waals surface area contributed by atoms with Gasteiger partial charge in [-0.25, -0.2) is 8.78 Å². The van der Waals surface area contributed by atoms with Crippen LogP contribution in [0.15, 0.2) is 18.2 Å². The zero-order chi connectivity index (χ0) is 13.9. The molecule has 0 radical (unpaired) electrons. The maximum absolute atomic E-state index is 13.3. The molecule has 0 unspecified atom stereocenters. The molecule has 1 aromatic carbocycles. The van der Waals surface area contributed by atoms with Crippen molar-refractivity contribution in [1.29, 1.82) is 0 Å². The fourth-order valence-corrected chi connectivity index (χ4v) is 1.19. The highest BCUT2D eigenvalue weighted by atomic mass is 19.1. The highest BCUT2D eigenvalue weighted by Gasteiger charge is 2.22. The minimum atomic E-state index is -0.948. The van der Waals surface area contributed by atoms with Gasteiger partial charge in [0.25, 0.3) is 5.91 Å². The minimum absolute atomic E-state index is 0.168. The van der Waals surface area contributed by atoms with Gasteiger partial charge in [0.15, 0.2) is 5.78 Å². The van der Waals surface area contributed by atoms with Crippen molar-refractivity contribution in [1.82, 2.24) is 5.32 Å². The van der Waals surface area contributed by atoms with Crippen molar-refractivity contribution in [2.45, 2.75) is 20.8 Å². The first-order valence-corrected chi connectivity index (χ1v) is 5.48. The van der Waals surface area contributed by atoms with E-state index in [9.17, 15) is 18.4 Å². The van der Waals surface area contributed by atoms with Crippen LogP contribution in [-0.4, -0.2) is 18.2 Å². The Labute approximate surface area is 104 Å². The van der Waals surface area contributed by atoms with Crippen molar-refractivity contribution in [3.63, 3.8) is 0 Å². The van der Waals surface area contributed by atoms with Gasteiger partial charge in [-0.15, -0.1) is 0 Å². The molecule has 0 bridgehead atoms. The maximum Gasteiger partial charge on any atom is 0.254 e. The van der Waals surface area contributed by atoms with Crippen molar-refractivity contribution in [2.24, 2.45) is 5.41 Å². The number of ketones is 1. The van der Waals surface area contributed by atoms with Gasteiger partial charge < -0.3 is 5.32 Å². The summed E-state index contributed by atoms with van der Waals surface area (Å²) in [5.41, 5.74) is -0.854. The van der Waals surface area contributed by atoms with E-state index < -0.39 is 23.0 Å². The van der Waals surface area contributed by atoms with E-state index in [0.29, 0.717) is 6.07 Å². The van der Waals surface area contributed by atoms with Crippen molar-refractivity contribution in [2.75, 3.05) is 6.54 Å². The molecule has 0 saturated heterocycles. The second kappa shape index (κ2) is 5.25. The Bertz CT molecular complexity index is 478. The molecule has 3 nitrogen and oxygen atoms in total. The van der Waals surface area contributed by atoms with Gasteiger partial charge in [0.05, 0.1) is 12.1 Å². The van der Waals surface area contributed by atoms with E-state index in [1.54, 1.807) is 20.8 Å². The Morgan fingerprint density at radius 1 is 1.22 bits per heavy atom. The summed E-state index contributed by atoms with van der Waals surface area (Å²) in [6.07, 6.45) is 0. The van der Waals surface area contributed by atoms with Gasteiger partial charge in [-0.05, 0) is 12.1 Å². The van der Waals surface area contributed by atoms with Crippen LogP contribution in [0.2, 0.25) is 0 Å². The second-order valence-electron chi connectivity index (χ2n) is 4.98. The Kier molecular flexibility index (Phi) is 4.16. The van der Waals surface area contributed by atoms with Crippen molar-refractivity contribution >= 4 is 11.7 Å². The van der Waals surface area contributed by atoms with Gasteiger partial charge in [0.2, 0.25) is 0 Å². The molecule has 0 heterocycles. The Morgan fingerprint density at radius 3 is 2.33 bits per heavy atom. The maximum atomic E-state index is 13.3. The summed E-state index contributed by atoms with van der Waals surface area (Å²) in [5, 5.41) is 2.31. The molecular weight excluding hydrogens is 240 g/mol. The Morgan fingerprint density at radius 2 is 1.83 bits per heavy atom. The van der Waals surface area contributed by atoms with Gasteiger partial charge in [-0.2, -0.15) is 0 Å². The molecule has 0 aliphatic heterocycles. The minimum Gasteiger partial charge on any atom is -0.345 e. The molecule has 1 rings (SSSR count). The molecule has 0 spiro atoms. The number of hydrogen-bond acceptors (Lipinski definition) is 2. The highest BCUT2D eigenvalue weighted by molar-refractivity contribution is 5.97. The van der Waals surface area contributed by atoms with Gasteiger partial charge in [0, 0.05) is 11.5 Å². The summed E-state index contributed by atoms with van der Waals surface area (Å²) in [5.74, 6) is -2.60. The molecule has 1 N–H and O–H groups in total. The number of rotatable bonds is 3. The third kappa shape index (κ3) is 3.61. The van der Waals surface area contributed by atoms with Crippen LogP contribution in [0.4, 0.5) is 8.78 Å². The summed E-state index contributed by atoms with van der Waals surface area (Å²) in [6, 6.07) is 2.66. The zero-order valence-electron chi connectivity index (χ0n) is 10.5. The quantitative estimate of drug-likeness (QED) is 0.900. The Hall–Kier alpha value is -1.78. The van der Waals surface area contributed by atoms with Crippen LogP contribution in [0.5, 0.6) is 0 Å². The molecule has 1 amide bonds. The number of benzene rings is 1. The average molecular weight is 255 g/mol. The number of hydrogen-bond donors (Lipinski definition) is 1. The van der Waals surface area contributed by atoms with Gasteiger partial charge in [-0.1, -0.05) is 20.8 Å². The number of carbonyl (C=O) groups excluding carboxylic acids is 2. The molecule has 0 aromatic heterocycles. The molecule has 98 valence electrons. The third-order valence-electron chi connectivity index (χ3n) is 2.42. The molecule has 0 atom stereocenters. The lowest BCUT2D eigenvalue weighted by atomic mass is 9.91. The summed E-state index contributed by atoms with van der Waals surface area (Å²) in [7, 11) is 0. The number of halogens is 2. The highest BCUT2D eigenvalue weighted by Crippen LogP contribution is 2.14. The van der Waals surface area contributed by atoms with Crippen LogP contribution in [-0.2, 0) is 4.79 Å². The fraction of sp³-hybridized carbons (Fsp3) is 0.385. The largest absolute Gasteiger partial charge is 0.345 e.